The fourth-order valence-corrected chi connectivity index (χ4v) is 2.15. The molecule has 0 bridgehead atoms. The van der Waals surface area contributed by atoms with E-state index in [-0.39, 0.29) is 12.2 Å². The number of ether oxygens (including phenoxy) is 2. The van der Waals surface area contributed by atoms with E-state index < -0.39 is 0 Å². The molecule has 0 unspecified atom stereocenters. The molecule has 1 aromatic heterocycles. The highest BCUT2D eigenvalue weighted by atomic mass is 16.5. The van der Waals surface area contributed by atoms with Gasteiger partial charge in [-0.05, 0) is 52.3 Å². The van der Waals surface area contributed by atoms with Crippen LogP contribution in [0.1, 0.15) is 33.3 Å². The number of aryl methyl sites for hydroxylation is 1. The quantitative estimate of drug-likeness (QED) is 0.802. The van der Waals surface area contributed by atoms with Crippen LogP contribution < -0.4 is 9.47 Å². The molecule has 3 nitrogen and oxygen atoms in total. The Balaban J connectivity index is 2.44. The number of nitrogens with zero attached hydrogens (tertiary/aromatic N) is 1. The minimum Gasteiger partial charge on any atom is -0.491 e. The summed E-state index contributed by atoms with van der Waals surface area (Å²) in [6.07, 6.45) is 2.04. The Kier molecular flexibility index (Phi) is 4.84. The molecule has 0 aliphatic heterocycles. The highest BCUT2D eigenvalue weighted by Crippen LogP contribution is 2.33. The molecule has 1 aromatic carbocycles. The summed E-state index contributed by atoms with van der Waals surface area (Å²) in [5, 5.41) is 0. The minimum atomic E-state index is 0.125. The fourth-order valence-electron chi connectivity index (χ4n) is 2.15. The maximum Gasteiger partial charge on any atom is 0.131 e. The van der Waals surface area contributed by atoms with E-state index in [1.807, 2.05) is 52.0 Å². The molecule has 0 aliphatic rings. The second-order valence-corrected chi connectivity index (χ2v) is 5.66. The minimum absolute atomic E-state index is 0.125. The maximum absolute atomic E-state index is 5.97. The van der Waals surface area contributed by atoms with Crippen LogP contribution in [-0.4, -0.2) is 17.2 Å². The maximum atomic E-state index is 5.97. The van der Waals surface area contributed by atoms with Gasteiger partial charge in [-0.3, -0.25) is 4.98 Å². The molecule has 0 amide bonds. The number of pyridine rings is 1. The van der Waals surface area contributed by atoms with Gasteiger partial charge >= 0.3 is 0 Å². The van der Waals surface area contributed by atoms with Crippen LogP contribution in [0.15, 0.2) is 36.5 Å². The van der Waals surface area contributed by atoms with Crippen molar-refractivity contribution < 1.29 is 9.47 Å². The van der Waals surface area contributed by atoms with Crippen molar-refractivity contribution >= 4 is 0 Å². The lowest BCUT2D eigenvalue weighted by molar-refractivity contribution is 0.241. The summed E-state index contributed by atoms with van der Waals surface area (Å²) in [5.41, 5.74) is 2.98. The first-order chi connectivity index (χ1) is 9.97. The second kappa shape index (κ2) is 6.61. The smallest absolute Gasteiger partial charge is 0.131 e. The van der Waals surface area contributed by atoms with Crippen molar-refractivity contribution in [2.45, 2.75) is 46.8 Å². The van der Waals surface area contributed by atoms with Gasteiger partial charge in [-0.25, -0.2) is 0 Å². The first kappa shape index (κ1) is 15.4. The Morgan fingerprint density at radius 2 is 1.67 bits per heavy atom. The second-order valence-electron chi connectivity index (χ2n) is 5.66. The van der Waals surface area contributed by atoms with Gasteiger partial charge in [0, 0.05) is 17.8 Å². The van der Waals surface area contributed by atoms with Gasteiger partial charge in [0.2, 0.25) is 0 Å². The third-order valence-electron chi connectivity index (χ3n) is 2.94. The average Bonchev–Trinajstić information content (AvgIpc) is 2.40. The largest absolute Gasteiger partial charge is 0.491 e. The summed E-state index contributed by atoms with van der Waals surface area (Å²) >= 11 is 0. The van der Waals surface area contributed by atoms with E-state index >= 15 is 0 Å². The summed E-state index contributed by atoms with van der Waals surface area (Å²) in [6.45, 7) is 10.1. The van der Waals surface area contributed by atoms with E-state index in [0.717, 1.165) is 28.3 Å². The van der Waals surface area contributed by atoms with E-state index in [4.69, 9.17) is 9.47 Å². The lowest BCUT2D eigenvalue weighted by Crippen LogP contribution is -2.08. The van der Waals surface area contributed by atoms with Crippen LogP contribution >= 0.6 is 0 Å². The van der Waals surface area contributed by atoms with Crippen molar-refractivity contribution in [1.29, 1.82) is 0 Å². The van der Waals surface area contributed by atoms with Gasteiger partial charge in [0.15, 0.2) is 0 Å². The lowest BCUT2D eigenvalue weighted by Gasteiger charge is -2.17. The van der Waals surface area contributed by atoms with Crippen molar-refractivity contribution in [2.24, 2.45) is 0 Å². The Bertz CT molecular complexity index is 606. The van der Waals surface area contributed by atoms with Crippen molar-refractivity contribution in [2.75, 3.05) is 0 Å². The highest BCUT2D eigenvalue weighted by Gasteiger charge is 2.12. The zero-order valence-electron chi connectivity index (χ0n) is 13.4. The number of hydrogen-bond acceptors (Lipinski definition) is 3. The van der Waals surface area contributed by atoms with Crippen molar-refractivity contribution in [3.05, 3.63) is 42.1 Å². The summed E-state index contributed by atoms with van der Waals surface area (Å²) in [6, 6.07) is 9.95. The van der Waals surface area contributed by atoms with Gasteiger partial charge in [-0.1, -0.05) is 12.1 Å². The Morgan fingerprint density at radius 3 is 2.33 bits per heavy atom. The van der Waals surface area contributed by atoms with Crippen molar-refractivity contribution in [3.63, 3.8) is 0 Å². The molecule has 0 saturated heterocycles. The molecule has 21 heavy (non-hydrogen) atoms. The van der Waals surface area contributed by atoms with Crippen LogP contribution in [0.2, 0.25) is 0 Å². The third kappa shape index (κ3) is 3.97. The van der Waals surface area contributed by atoms with Gasteiger partial charge in [-0.15, -0.1) is 0 Å². The van der Waals surface area contributed by atoms with Crippen molar-refractivity contribution in [1.82, 2.24) is 4.98 Å². The Hall–Kier alpha value is -2.03. The number of aromatic nitrogens is 1. The van der Waals surface area contributed by atoms with Crippen LogP contribution in [0.4, 0.5) is 0 Å². The molecule has 2 aromatic rings. The number of benzene rings is 1. The first-order valence-electron chi connectivity index (χ1n) is 7.36. The predicted octanol–water partition coefficient (Wildman–Crippen LogP) is 4.63. The SMILES string of the molecule is Cc1cccc(-c2cc(OC(C)C)ccn2)c1OC(C)C. The molecular weight excluding hydrogens is 262 g/mol. The van der Waals surface area contributed by atoms with E-state index in [1.54, 1.807) is 6.20 Å². The summed E-state index contributed by atoms with van der Waals surface area (Å²) in [7, 11) is 0. The van der Waals surface area contributed by atoms with Gasteiger partial charge in [0.05, 0.1) is 17.9 Å². The number of para-hydroxylation sites is 1. The van der Waals surface area contributed by atoms with Gasteiger partial charge in [0.1, 0.15) is 11.5 Å². The zero-order chi connectivity index (χ0) is 15.4. The van der Waals surface area contributed by atoms with Crippen molar-refractivity contribution in [3.8, 4) is 22.8 Å². The molecule has 3 heteroatoms. The van der Waals surface area contributed by atoms with Gasteiger partial charge in [-0.2, -0.15) is 0 Å². The van der Waals surface area contributed by atoms with Gasteiger partial charge in [0.25, 0.3) is 0 Å². The molecule has 0 saturated carbocycles. The first-order valence-corrected chi connectivity index (χ1v) is 7.36. The monoisotopic (exact) mass is 285 g/mol. The van der Waals surface area contributed by atoms with Gasteiger partial charge < -0.3 is 9.47 Å². The summed E-state index contributed by atoms with van der Waals surface area (Å²) < 4.78 is 11.7. The molecule has 0 N–H and O–H groups in total. The molecule has 112 valence electrons. The standard InChI is InChI=1S/C18H23NO2/c1-12(2)20-15-9-10-19-17(11-15)16-8-6-7-14(5)18(16)21-13(3)4/h6-13H,1-5H3. The van der Waals surface area contributed by atoms with E-state index in [9.17, 15) is 0 Å². The van der Waals surface area contributed by atoms with Crippen LogP contribution in [0.5, 0.6) is 11.5 Å². The van der Waals surface area contributed by atoms with Crippen LogP contribution in [-0.2, 0) is 0 Å². The van der Waals surface area contributed by atoms with E-state index in [1.165, 1.54) is 0 Å². The van der Waals surface area contributed by atoms with E-state index in [2.05, 4.69) is 18.0 Å². The normalized spacial score (nSPS) is 11.0. The number of rotatable bonds is 5. The Morgan fingerprint density at radius 1 is 0.952 bits per heavy atom. The molecule has 0 spiro atoms. The predicted molar refractivity (Wildman–Crippen MR) is 85.9 cm³/mol. The lowest BCUT2D eigenvalue weighted by atomic mass is 10.1. The zero-order valence-corrected chi connectivity index (χ0v) is 13.4. The topological polar surface area (TPSA) is 31.4 Å². The third-order valence-corrected chi connectivity index (χ3v) is 2.94. The molecule has 0 aliphatic carbocycles. The highest BCUT2D eigenvalue weighted by molar-refractivity contribution is 5.70. The molecule has 0 radical (unpaired) electrons. The number of hydrogen-bond donors (Lipinski definition) is 0. The fraction of sp³-hybridized carbons (Fsp3) is 0.389. The molecule has 0 fully saturated rings. The molecule has 2 rings (SSSR count). The Labute approximate surface area is 126 Å². The molecule has 0 atom stereocenters. The van der Waals surface area contributed by atoms with E-state index in [0.29, 0.717) is 0 Å². The van der Waals surface area contributed by atoms with Crippen LogP contribution in [0.3, 0.4) is 0 Å². The summed E-state index contributed by atoms with van der Waals surface area (Å²) in [5.74, 6) is 1.72. The molecule has 1 heterocycles. The molecular formula is C18H23NO2. The van der Waals surface area contributed by atoms with Crippen LogP contribution in [0, 0.1) is 6.92 Å². The van der Waals surface area contributed by atoms with Crippen LogP contribution in [0.25, 0.3) is 11.3 Å². The summed E-state index contributed by atoms with van der Waals surface area (Å²) in [4.78, 5) is 4.47. The average molecular weight is 285 g/mol.